The first kappa shape index (κ1) is 8.91. The van der Waals surface area contributed by atoms with Crippen molar-refractivity contribution in [2.24, 2.45) is 0 Å². The van der Waals surface area contributed by atoms with Crippen LogP contribution in [0.25, 0.3) is 0 Å². The number of carbonyl (C=O) groups is 1. The Hall–Kier alpha value is -0.180. The predicted octanol–water partition coefficient (Wildman–Crippen LogP) is -0.0480. The lowest BCUT2D eigenvalue weighted by Gasteiger charge is -2.14. The molecular formula is C6H12NO3P. The van der Waals surface area contributed by atoms with Crippen LogP contribution in [0.1, 0.15) is 6.42 Å². The highest BCUT2D eigenvalue weighted by molar-refractivity contribution is 7.13. The van der Waals surface area contributed by atoms with Crippen molar-refractivity contribution in [2.75, 3.05) is 19.7 Å². The second-order valence-corrected chi connectivity index (χ2v) is 3.28. The first-order valence-corrected chi connectivity index (χ1v) is 4.06. The Kier molecular flexibility index (Phi) is 3.24. The molecule has 0 saturated carbocycles. The third-order valence-electron chi connectivity index (χ3n) is 1.58. The molecule has 1 aliphatic heterocycles. The van der Waals surface area contributed by atoms with Crippen molar-refractivity contribution in [1.82, 2.24) is 4.67 Å². The Morgan fingerprint density at radius 3 is 3.09 bits per heavy atom. The summed E-state index contributed by atoms with van der Waals surface area (Å²) in [6, 6.07) is 0. The number of hydrogen-bond acceptors (Lipinski definition) is 3. The van der Waals surface area contributed by atoms with Crippen molar-refractivity contribution in [3.05, 3.63) is 0 Å². The Morgan fingerprint density at radius 2 is 2.45 bits per heavy atom. The van der Waals surface area contributed by atoms with Gasteiger partial charge in [-0.05, 0) is 6.42 Å². The van der Waals surface area contributed by atoms with Crippen LogP contribution >= 0.6 is 9.39 Å². The zero-order chi connectivity index (χ0) is 8.27. The molecule has 2 atom stereocenters. The quantitative estimate of drug-likeness (QED) is 0.570. The van der Waals surface area contributed by atoms with Crippen LogP contribution in [-0.4, -0.2) is 41.5 Å². The van der Waals surface area contributed by atoms with Crippen LogP contribution in [0.2, 0.25) is 0 Å². The highest BCUT2D eigenvalue weighted by Crippen LogP contribution is 2.09. The molecule has 11 heavy (non-hydrogen) atoms. The minimum atomic E-state index is -0.876. The molecule has 0 aromatic rings. The van der Waals surface area contributed by atoms with E-state index in [9.17, 15) is 4.79 Å². The Balaban J connectivity index is 2.45. The van der Waals surface area contributed by atoms with Crippen molar-refractivity contribution in [3.8, 4) is 0 Å². The normalized spacial score (nSPS) is 27.9. The molecule has 0 radical (unpaired) electrons. The molecule has 0 amide bonds. The minimum absolute atomic E-state index is 0.458. The van der Waals surface area contributed by atoms with E-state index in [1.54, 1.807) is 0 Å². The van der Waals surface area contributed by atoms with E-state index >= 15 is 0 Å². The molecule has 1 fully saturated rings. The maximum atomic E-state index is 10.5. The van der Waals surface area contributed by atoms with Gasteiger partial charge in [0.25, 0.3) is 0 Å². The van der Waals surface area contributed by atoms with Crippen molar-refractivity contribution in [3.63, 3.8) is 0 Å². The Labute approximate surface area is 67.8 Å². The Bertz CT molecular complexity index is 153. The molecule has 1 heterocycles. The van der Waals surface area contributed by atoms with Gasteiger partial charge in [0.1, 0.15) is 0 Å². The maximum Gasteiger partial charge on any atom is 0.334 e. The number of hydrogen-bond donors (Lipinski definition) is 1. The van der Waals surface area contributed by atoms with Gasteiger partial charge in [0.15, 0.2) is 6.10 Å². The summed E-state index contributed by atoms with van der Waals surface area (Å²) in [5, 5.41) is 8.62. The summed E-state index contributed by atoms with van der Waals surface area (Å²) in [6.45, 7) is 1.89. The molecule has 0 bridgehead atoms. The molecule has 5 heteroatoms. The fourth-order valence-corrected chi connectivity index (χ4v) is 1.37. The topological polar surface area (TPSA) is 49.8 Å². The monoisotopic (exact) mass is 177 g/mol. The molecule has 0 aliphatic carbocycles. The van der Waals surface area contributed by atoms with Crippen LogP contribution in [0.3, 0.4) is 0 Å². The largest absolute Gasteiger partial charge is 0.479 e. The van der Waals surface area contributed by atoms with Gasteiger partial charge in [-0.3, -0.25) is 4.67 Å². The van der Waals surface area contributed by atoms with Crippen LogP contribution in [-0.2, 0) is 9.53 Å². The highest BCUT2D eigenvalue weighted by Gasteiger charge is 2.22. The maximum absolute atomic E-state index is 10.5. The molecular weight excluding hydrogens is 165 g/mol. The number of aliphatic carboxylic acids is 1. The lowest BCUT2D eigenvalue weighted by atomic mass is 10.3. The molecule has 4 nitrogen and oxygen atoms in total. The molecule has 1 unspecified atom stereocenters. The summed E-state index contributed by atoms with van der Waals surface area (Å²) in [4.78, 5) is 10.5. The molecule has 1 rings (SSSR count). The van der Waals surface area contributed by atoms with E-state index in [1.165, 1.54) is 0 Å². The second kappa shape index (κ2) is 4.00. The standard InChI is InChI=1S/C6H12NO3P/c8-6(9)5-4-7(11)2-1-3-10-5/h5H,1-4,11H2,(H,8,9)/t5-/m0/s1. The van der Waals surface area contributed by atoms with E-state index in [4.69, 9.17) is 9.84 Å². The van der Waals surface area contributed by atoms with Crippen molar-refractivity contribution in [1.29, 1.82) is 0 Å². The summed E-state index contributed by atoms with van der Waals surface area (Å²) in [5.41, 5.74) is 0. The van der Waals surface area contributed by atoms with Gasteiger partial charge >= 0.3 is 5.97 Å². The van der Waals surface area contributed by atoms with Gasteiger partial charge in [-0.15, -0.1) is 0 Å². The molecule has 0 aromatic heterocycles. The number of nitrogens with zero attached hydrogens (tertiary/aromatic N) is 1. The summed E-state index contributed by atoms with van der Waals surface area (Å²) in [7, 11) is 2.50. The zero-order valence-electron chi connectivity index (χ0n) is 6.19. The molecule has 1 saturated heterocycles. The zero-order valence-corrected chi connectivity index (χ0v) is 7.35. The van der Waals surface area contributed by atoms with Gasteiger partial charge in [-0.2, -0.15) is 0 Å². The van der Waals surface area contributed by atoms with Crippen LogP contribution in [0.4, 0.5) is 0 Å². The predicted molar refractivity (Wildman–Crippen MR) is 43.3 cm³/mol. The average Bonchev–Trinajstić information content (AvgIpc) is 2.13. The van der Waals surface area contributed by atoms with Gasteiger partial charge in [-0.1, -0.05) is 9.39 Å². The van der Waals surface area contributed by atoms with E-state index in [2.05, 4.69) is 9.39 Å². The van der Waals surface area contributed by atoms with Gasteiger partial charge in [0.2, 0.25) is 0 Å². The number of carboxylic acid groups (broad SMARTS) is 1. The van der Waals surface area contributed by atoms with Crippen LogP contribution in [0, 0.1) is 0 Å². The SMILES string of the molecule is O=C(O)[C@@H]1CN(P)CCCO1. The van der Waals surface area contributed by atoms with Crippen molar-refractivity contribution >= 4 is 15.4 Å². The number of carboxylic acids is 1. The fraction of sp³-hybridized carbons (Fsp3) is 0.833. The molecule has 64 valence electrons. The number of ether oxygens (including phenoxy) is 1. The van der Waals surface area contributed by atoms with Crippen molar-refractivity contribution < 1.29 is 14.6 Å². The van der Waals surface area contributed by atoms with E-state index in [0.717, 1.165) is 13.0 Å². The summed E-state index contributed by atoms with van der Waals surface area (Å²) < 4.78 is 6.97. The summed E-state index contributed by atoms with van der Waals surface area (Å²) in [5.74, 6) is -0.876. The van der Waals surface area contributed by atoms with E-state index in [1.807, 2.05) is 4.67 Å². The third-order valence-corrected chi connectivity index (χ3v) is 2.05. The smallest absolute Gasteiger partial charge is 0.334 e. The number of rotatable bonds is 1. The average molecular weight is 177 g/mol. The van der Waals surface area contributed by atoms with Crippen LogP contribution in [0.15, 0.2) is 0 Å². The third kappa shape index (κ3) is 2.73. The van der Waals surface area contributed by atoms with Gasteiger partial charge < -0.3 is 9.84 Å². The van der Waals surface area contributed by atoms with E-state index < -0.39 is 12.1 Å². The van der Waals surface area contributed by atoms with Crippen LogP contribution in [0.5, 0.6) is 0 Å². The van der Waals surface area contributed by atoms with Gasteiger partial charge in [-0.25, -0.2) is 4.79 Å². The fourth-order valence-electron chi connectivity index (χ4n) is 1.000. The Morgan fingerprint density at radius 1 is 1.73 bits per heavy atom. The van der Waals surface area contributed by atoms with E-state index in [0.29, 0.717) is 13.2 Å². The van der Waals surface area contributed by atoms with Crippen molar-refractivity contribution in [2.45, 2.75) is 12.5 Å². The lowest BCUT2D eigenvalue weighted by molar-refractivity contribution is -0.149. The first-order valence-electron chi connectivity index (χ1n) is 3.54. The highest BCUT2D eigenvalue weighted by atomic mass is 31.0. The summed E-state index contributed by atoms with van der Waals surface area (Å²) in [6.07, 6.45) is 0.239. The van der Waals surface area contributed by atoms with Gasteiger partial charge in [0, 0.05) is 19.7 Å². The molecule has 0 aromatic carbocycles. The molecule has 1 N–H and O–H groups in total. The lowest BCUT2D eigenvalue weighted by Crippen LogP contribution is -2.31. The van der Waals surface area contributed by atoms with E-state index in [-0.39, 0.29) is 0 Å². The molecule has 1 aliphatic rings. The van der Waals surface area contributed by atoms with Crippen LogP contribution < -0.4 is 0 Å². The van der Waals surface area contributed by atoms with Gasteiger partial charge in [0.05, 0.1) is 0 Å². The summed E-state index contributed by atoms with van der Waals surface area (Å²) >= 11 is 0. The molecule has 0 spiro atoms. The second-order valence-electron chi connectivity index (χ2n) is 2.55. The first-order chi connectivity index (χ1) is 5.20. The minimum Gasteiger partial charge on any atom is -0.479 e.